The molecule has 1 saturated carbocycles. The maximum atomic E-state index is 6.28. The number of allylic oxidation sites excluding steroid dienone is 1. The Morgan fingerprint density at radius 2 is 1.44 bits per heavy atom. The van der Waals surface area contributed by atoms with Crippen LogP contribution in [0.4, 0.5) is 0 Å². The van der Waals surface area contributed by atoms with Crippen molar-refractivity contribution < 1.29 is 0 Å². The van der Waals surface area contributed by atoms with E-state index in [4.69, 9.17) is 23.2 Å². The fraction of sp³-hybridized carbons (Fsp3) is 0.812. The predicted octanol–water partition coefficient (Wildman–Crippen LogP) is 6.18. The summed E-state index contributed by atoms with van der Waals surface area (Å²) in [5, 5.41) is 0.754. The highest BCUT2D eigenvalue weighted by Crippen LogP contribution is 2.33. The monoisotopic (exact) mass is 286 g/mol. The van der Waals surface area contributed by atoms with Crippen molar-refractivity contribution in [2.75, 3.05) is 0 Å². The van der Waals surface area contributed by atoms with Crippen LogP contribution in [0.1, 0.15) is 70.6 Å². The Morgan fingerprint density at radius 3 is 2.17 bits per heavy atom. The molecule has 0 heterocycles. The van der Waals surface area contributed by atoms with E-state index < -0.39 is 0 Å². The average molecular weight is 287 g/mol. The topological polar surface area (TPSA) is 0 Å². The minimum absolute atomic E-state index is 0.00415. The first-order valence-corrected chi connectivity index (χ1v) is 8.38. The van der Waals surface area contributed by atoms with Crippen LogP contribution in [0.5, 0.6) is 0 Å². The van der Waals surface area contributed by atoms with Crippen LogP contribution < -0.4 is 0 Å². The standard InChI is InChI=1S/C16H24Cl2/c17-15-11-7-6-10-14(12-16(15)18)13-8-4-2-1-3-5-9-13/h13,15H,1-11H2. The van der Waals surface area contributed by atoms with Crippen LogP contribution in [0.15, 0.2) is 16.3 Å². The SMILES string of the molecule is ClC1=C=C(C2CCCCCCC2)CCCCC1Cl. The Morgan fingerprint density at radius 1 is 0.833 bits per heavy atom. The van der Waals surface area contributed by atoms with Crippen LogP contribution in [-0.4, -0.2) is 5.38 Å². The third-order valence-electron chi connectivity index (χ3n) is 4.31. The lowest BCUT2D eigenvalue weighted by atomic mass is 9.83. The van der Waals surface area contributed by atoms with Gasteiger partial charge in [-0.05, 0) is 43.6 Å². The second-order valence-electron chi connectivity index (χ2n) is 5.75. The first-order valence-electron chi connectivity index (χ1n) is 7.56. The molecule has 0 aliphatic heterocycles. The van der Waals surface area contributed by atoms with Gasteiger partial charge < -0.3 is 0 Å². The Balaban J connectivity index is 2.13. The summed E-state index contributed by atoms with van der Waals surface area (Å²) in [5.74, 6) is 0.723. The highest BCUT2D eigenvalue weighted by molar-refractivity contribution is 6.37. The molecular weight excluding hydrogens is 263 g/mol. The quantitative estimate of drug-likeness (QED) is 0.399. The summed E-state index contributed by atoms with van der Waals surface area (Å²) in [5.41, 5.74) is 4.92. The molecule has 2 rings (SSSR count). The molecule has 1 fully saturated rings. The van der Waals surface area contributed by atoms with Crippen molar-refractivity contribution in [3.63, 3.8) is 0 Å². The maximum Gasteiger partial charge on any atom is 0.0776 e. The van der Waals surface area contributed by atoms with Crippen molar-refractivity contribution in [3.8, 4) is 0 Å². The molecule has 0 bridgehead atoms. The number of alkyl halides is 1. The van der Waals surface area contributed by atoms with E-state index in [0.29, 0.717) is 0 Å². The van der Waals surface area contributed by atoms with Gasteiger partial charge in [-0.15, -0.1) is 17.3 Å². The second-order valence-corrected chi connectivity index (χ2v) is 6.69. The zero-order chi connectivity index (χ0) is 12.8. The van der Waals surface area contributed by atoms with Gasteiger partial charge in [0.2, 0.25) is 0 Å². The van der Waals surface area contributed by atoms with Crippen LogP contribution in [0.2, 0.25) is 0 Å². The smallest absolute Gasteiger partial charge is 0.0776 e. The van der Waals surface area contributed by atoms with Gasteiger partial charge >= 0.3 is 0 Å². The summed E-state index contributed by atoms with van der Waals surface area (Å²) >= 11 is 12.5. The van der Waals surface area contributed by atoms with E-state index in [1.807, 2.05) is 0 Å². The fourth-order valence-corrected chi connectivity index (χ4v) is 3.61. The van der Waals surface area contributed by atoms with E-state index in [-0.39, 0.29) is 5.38 Å². The van der Waals surface area contributed by atoms with Gasteiger partial charge in [0, 0.05) is 0 Å². The van der Waals surface area contributed by atoms with E-state index in [1.165, 1.54) is 69.8 Å². The molecule has 2 aliphatic carbocycles. The van der Waals surface area contributed by atoms with Crippen LogP contribution in [0.25, 0.3) is 0 Å². The first kappa shape index (κ1) is 14.5. The van der Waals surface area contributed by atoms with Crippen molar-refractivity contribution in [1.82, 2.24) is 0 Å². The molecule has 0 aromatic carbocycles. The molecule has 0 radical (unpaired) electrons. The van der Waals surface area contributed by atoms with Crippen LogP contribution in [0.3, 0.4) is 0 Å². The summed E-state index contributed by atoms with van der Waals surface area (Å²) in [4.78, 5) is 0. The van der Waals surface area contributed by atoms with Crippen molar-refractivity contribution in [1.29, 1.82) is 0 Å². The molecule has 1 atom stereocenters. The third kappa shape index (κ3) is 4.34. The van der Waals surface area contributed by atoms with E-state index in [9.17, 15) is 0 Å². The molecule has 1 unspecified atom stereocenters. The van der Waals surface area contributed by atoms with E-state index >= 15 is 0 Å². The van der Waals surface area contributed by atoms with Gasteiger partial charge in [0.25, 0.3) is 0 Å². The van der Waals surface area contributed by atoms with Gasteiger partial charge in [-0.25, -0.2) is 0 Å². The molecule has 0 saturated heterocycles. The minimum Gasteiger partial charge on any atom is -0.116 e. The van der Waals surface area contributed by atoms with Crippen molar-refractivity contribution >= 4 is 23.2 Å². The summed E-state index contributed by atoms with van der Waals surface area (Å²) in [6.45, 7) is 0. The summed E-state index contributed by atoms with van der Waals surface area (Å²) in [6, 6.07) is 0. The van der Waals surface area contributed by atoms with Gasteiger partial charge in [0.15, 0.2) is 0 Å². The average Bonchev–Trinajstić information content (AvgIpc) is 2.30. The summed E-state index contributed by atoms with van der Waals surface area (Å²) in [7, 11) is 0. The maximum absolute atomic E-state index is 6.28. The first-order chi connectivity index (χ1) is 8.77. The molecule has 2 aliphatic rings. The van der Waals surface area contributed by atoms with Gasteiger partial charge in [-0.2, -0.15) is 0 Å². The summed E-state index contributed by atoms with van der Waals surface area (Å²) < 4.78 is 0. The number of hydrogen-bond donors (Lipinski definition) is 0. The Bertz CT molecular complexity index is 318. The number of rotatable bonds is 1. The van der Waals surface area contributed by atoms with Crippen molar-refractivity contribution in [3.05, 3.63) is 16.3 Å². The molecule has 102 valence electrons. The Kier molecular flexibility index (Phi) is 6.15. The molecule has 2 heteroatoms. The highest BCUT2D eigenvalue weighted by Gasteiger charge is 2.19. The molecule has 0 spiro atoms. The normalized spacial score (nSPS) is 28.4. The zero-order valence-corrected chi connectivity index (χ0v) is 12.7. The second kappa shape index (κ2) is 7.63. The molecule has 0 N–H and O–H groups in total. The lowest BCUT2D eigenvalue weighted by Gasteiger charge is -2.23. The van der Waals surface area contributed by atoms with Crippen LogP contribution in [0, 0.1) is 5.92 Å². The van der Waals surface area contributed by atoms with E-state index in [0.717, 1.165) is 17.4 Å². The Hall–Kier alpha value is 0.1000. The Labute approximate surface area is 121 Å². The van der Waals surface area contributed by atoms with Crippen LogP contribution in [-0.2, 0) is 0 Å². The third-order valence-corrected chi connectivity index (χ3v) is 5.21. The molecule has 0 aromatic rings. The van der Waals surface area contributed by atoms with Crippen LogP contribution >= 0.6 is 23.2 Å². The van der Waals surface area contributed by atoms with Gasteiger partial charge in [-0.3, -0.25) is 0 Å². The molecule has 0 aromatic heterocycles. The molecule has 0 amide bonds. The molecular formula is C16H24Cl2. The lowest BCUT2D eigenvalue weighted by Crippen LogP contribution is -2.09. The zero-order valence-electron chi connectivity index (χ0n) is 11.2. The predicted molar refractivity (Wildman–Crippen MR) is 80.3 cm³/mol. The van der Waals surface area contributed by atoms with Gasteiger partial charge in [0.1, 0.15) is 0 Å². The fourth-order valence-electron chi connectivity index (χ4n) is 3.17. The van der Waals surface area contributed by atoms with E-state index in [2.05, 4.69) is 5.73 Å². The van der Waals surface area contributed by atoms with Crippen molar-refractivity contribution in [2.24, 2.45) is 5.92 Å². The van der Waals surface area contributed by atoms with Gasteiger partial charge in [-0.1, -0.05) is 50.1 Å². The molecule has 0 nitrogen and oxygen atoms in total. The van der Waals surface area contributed by atoms with Crippen molar-refractivity contribution in [2.45, 2.75) is 76.0 Å². The molecule has 18 heavy (non-hydrogen) atoms. The van der Waals surface area contributed by atoms with Gasteiger partial charge in [0.05, 0.1) is 10.4 Å². The number of halogens is 2. The summed E-state index contributed by atoms with van der Waals surface area (Å²) in [6.07, 6.45) is 14.3. The van der Waals surface area contributed by atoms with E-state index in [1.54, 1.807) is 0 Å². The lowest BCUT2D eigenvalue weighted by molar-refractivity contribution is 0.409. The minimum atomic E-state index is -0.00415. The largest absolute Gasteiger partial charge is 0.116 e. The number of hydrogen-bond acceptors (Lipinski definition) is 0. The highest BCUT2D eigenvalue weighted by atomic mass is 35.5.